The van der Waals surface area contributed by atoms with Crippen molar-refractivity contribution in [3.8, 4) is 5.75 Å². The van der Waals surface area contributed by atoms with Gasteiger partial charge in [-0.3, -0.25) is 14.8 Å². The molecule has 0 saturated heterocycles. The number of nitrogens with two attached hydrogens (primary N) is 1. The van der Waals surface area contributed by atoms with Crippen molar-refractivity contribution in [1.29, 1.82) is 0 Å². The molecule has 0 aliphatic heterocycles. The van der Waals surface area contributed by atoms with Gasteiger partial charge < -0.3 is 10.5 Å². The van der Waals surface area contributed by atoms with Crippen molar-refractivity contribution < 1.29 is 19.5 Å². The second-order valence-electron chi connectivity index (χ2n) is 5.87. The highest BCUT2D eigenvalue weighted by atomic mass is 16.5. The summed E-state index contributed by atoms with van der Waals surface area (Å²) < 4.78 is 5.76. The molecule has 2 aromatic rings. The molecule has 3 rings (SSSR count). The molecule has 6 nitrogen and oxygen atoms in total. The zero-order valence-corrected chi connectivity index (χ0v) is 12.9. The lowest BCUT2D eigenvalue weighted by molar-refractivity contribution is -0.132. The van der Waals surface area contributed by atoms with Crippen LogP contribution in [0.3, 0.4) is 0 Å². The van der Waals surface area contributed by atoms with E-state index in [1.165, 1.54) is 0 Å². The molecule has 0 spiro atoms. The van der Waals surface area contributed by atoms with Gasteiger partial charge >= 0.3 is 0 Å². The summed E-state index contributed by atoms with van der Waals surface area (Å²) >= 11 is 0. The monoisotopic (exact) mass is 326 g/mol. The third kappa shape index (κ3) is 2.83. The molecule has 1 aliphatic carbocycles. The lowest BCUT2D eigenvalue weighted by atomic mass is 9.92. The summed E-state index contributed by atoms with van der Waals surface area (Å²) in [7, 11) is 0. The van der Waals surface area contributed by atoms with Gasteiger partial charge in [-0.1, -0.05) is 42.5 Å². The van der Waals surface area contributed by atoms with Gasteiger partial charge in [-0.15, -0.1) is 0 Å². The summed E-state index contributed by atoms with van der Waals surface area (Å²) in [5, 5.41) is 8.79. The molecule has 0 bridgehead atoms. The summed E-state index contributed by atoms with van der Waals surface area (Å²) in [6.45, 7) is 0.397. The van der Waals surface area contributed by atoms with Crippen LogP contribution in [0.2, 0.25) is 0 Å². The Morgan fingerprint density at radius 3 is 2.62 bits per heavy atom. The van der Waals surface area contributed by atoms with Crippen LogP contribution in [0.15, 0.2) is 54.6 Å². The van der Waals surface area contributed by atoms with E-state index in [4.69, 9.17) is 15.7 Å². The Balaban J connectivity index is 1.80. The first-order chi connectivity index (χ1) is 11.6. The van der Waals surface area contributed by atoms with Crippen LogP contribution in [0.25, 0.3) is 0 Å². The van der Waals surface area contributed by atoms with Crippen LogP contribution in [0.1, 0.15) is 17.5 Å². The predicted molar refractivity (Wildman–Crippen MR) is 86.1 cm³/mol. The molecule has 1 saturated carbocycles. The molecular formula is C18H18N2O4. The standard InChI is InChI=1S/C18H18N2O4/c19-17(22)18(10-15(18)16(21)20-23)13-7-4-8-14(9-13)24-11-12-5-2-1-3-6-12/h1-9,15,23H,10-11H2,(H2,19,22)(H,20,21). The third-order valence-electron chi connectivity index (χ3n) is 4.42. The molecule has 124 valence electrons. The Kier molecular flexibility index (Phi) is 4.22. The molecule has 1 aliphatic rings. The summed E-state index contributed by atoms with van der Waals surface area (Å²) in [5.74, 6) is -1.27. The Morgan fingerprint density at radius 1 is 1.21 bits per heavy atom. The minimum atomic E-state index is -1.08. The fourth-order valence-electron chi connectivity index (χ4n) is 3.00. The number of hydrogen-bond donors (Lipinski definition) is 3. The molecule has 1 fully saturated rings. The second kappa shape index (κ2) is 6.33. The van der Waals surface area contributed by atoms with E-state index < -0.39 is 23.1 Å². The van der Waals surface area contributed by atoms with Gasteiger partial charge in [0.25, 0.3) is 0 Å². The number of hydroxylamine groups is 1. The topological polar surface area (TPSA) is 102 Å². The Morgan fingerprint density at radius 2 is 1.96 bits per heavy atom. The van der Waals surface area contributed by atoms with Gasteiger partial charge in [0.05, 0.1) is 11.3 Å². The number of benzene rings is 2. The van der Waals surface area contributed by atoms with Crippen LogP contribution in [0.4, 0.5) is 0 Å². The van der Waals surface area contributed by atoms with Gasteiger partial charge in [0.15, 0.2) is 0 Å². The van der Waals surface area contributed by atoms with Crippen LogP contribution >= 0.6 is 0 Å². The maximum atomic E-state index is 11.9. The zero-order chi connectivity index (χ0) is 17.2. The van der Waals surface area contributed by atoms with Gasteiger partial charge in [0, 0.05) is 0 Å². The van der Waals surface area contributed by atoms with E-state index in [0.29, 0.717) is 17.9 Å². The molecule has 2 aromatic carbocycles. The van der Waals surface area contributed by atoms with Crippen LogP contribution in [0, 0.1) is 5.92 Å². The minimum absolute atomic E-state index is 0.275. The quantitative estimate of drug-likeness (QED) is 0.553. The number of rotatable bonds is 6. The number of carbonyl (C=O) groups is 2. The first-order valence-corrected chi connectivity index (χ1v) is 7.59. The third-order valence-corrected chi connectivity index (χ3v) is 4.42. The van der Waals surface area contributed by atoms with Gasteiger partial charge in [0.2, 0.25) is 11.8 Å². The first kappa shape index (κ1) is 16.0. The van der Waals surface area contributed by atoms with E-state index in [2.05, 4.69) is 0 Å². The van der Waals surface area contributed by atoms with Gasteiger partial charge in [-0.25, -0.2) is 5.48 Å². The van der Waals surface area contributed by atoms with Gasteiger partial charge in [-0.05, 0) is 29.7 Å². The highest BCUT2D eigenvalue weighted by Crippen LogP contribution is 2.54. The largest absolute Gasteiger partial charge is 0.489 e. The van der Waals surface area contributed by atoms with Crippen molar-refractivity contribution in [2.75, 3.05) is 0 Å². The molecule has 2 amide bonds. The Labute approximate surface area is 139 Å². The molecule has 0 radical (unpaired) electrons. The maximum Gasteiger partial charge on any atom is 0.247 e. The van der Waals surface area contributed by atoms with Crippen molar-refractivity contribution in [3.05, 3.63) is 65.7 Å². The van der Waals surface area contributed by atoms with Gasteiger partial charge in [-0.2, -0.15) is 0 Å². The fraction of sp³-hybridized carbons (Fsp3) is 0.222. The number of nitrogens with one attached hydrogen (secondary N) is 1. The number of carbonyl (C=O) groups excluding carboxylic acids is 2. The summed E-state index contributed by atoms with van der Waals surface area (Å²) in [5.41, 5.74) is 7.67. The number of amides is 2. The summed E-state index contributed by atoms with van der Waals surface area (Å²) in [6.07, 6.45) is 0.275. The highest BCUT2D eigenvalue weighted by Gasteiger charge is 2.63. The van der Waals surface area contributed by atoms with E-state index in [1.807, 2.05) is 30.3 Å². The molecular weight excluding hydrogens is 308 g/mol. The molecule has 2 unspecified atom stereocenters. The summed E-state index contributed by atoms with van der Waals surface area (Å²) in [6, 6.07) is 16.7. The normalized spacial score (nSPS) is 21.8. The van der Waals surface area contributed by atoms with E-state index in [1.54, 1.807) is 29.7 Å². The molecule has 6 heteroatoms. The van der Waals surface area contributed by atoms with Crippen LogP contribution in [-0.2, 0) is 21.6 Å². The fourth-order valence-corrected chi connectivity index (χ4v) is 3.00. The average molecular weight is 326 g/mol. The number of ether oxygens (including phenoxy) is 1. The second-order valence-corrected chi connectivity index (χ2v) is 5.87. The van der Waals surface area contributed by atoms with Crippen molar-refractivity contribution in [2.45, 2.75) is 18.4 Å². The van der Waals surface area contributed by atoms with Crippen molar-refractivity contribution >= 4 is 11.8 Å². The Bertz CT molecular complexity index is 763. The summed E-state index contributed by atoms with van der Waals surface area (Å²) in [4.78, 5) is 23.6. The van der Waals surface area contributed by atoms with E-state index in [-0.39, 0.29) is 6.42 Å². The van der Waals surface area contributed by atoms with Crippen molar-refractivity contribution in [3.63, 3.8) is 0 Å². The zero-order valence-electron chi connectivity index (χ0n) is 12.9. The molecule has 0 aromatic heterocycles. The molecule has 0 heterocycles. The van der Waals surface area contributed by atoms with E-state index in [9.17, 15) is 9.59 Å². The van der Waals surface area contributed by atoms with Crippen LogP contribution in [-0.4, -0.2) is 17.0 Å². The molecule has 24 heavy (non-hydrogen) atoms. The lowest BCUT2D eigenvalue weighted by Crippen LogP contribution is -2.35. The number of hydrogen-bond acceptors (Lipinski definition) is 4. The maximum absolute atomic E-state index is 11.9. The van der Waals surface area contributed by atoms with Crippen LogP contribution in [0.5, 0.6) is 5.75 Å². The SMILES string of the molecule is NC(=O)C1(c2cccc(OCc3ccccc3)c2)CC1C(=O)NO. The minimum Gasteiger partial charge on any atom is -0.489 e. The van der Waals surface area contributed by atoms with Crippen molar-refractivity contribution in [2.24, 2.45) is 11.7 Å². The average Bonchev–Trinajstić information content (AvgIpc) is 3.38. The van der Waals surface area contributed by atoms with E-state index >= 15 is 0 Å². The molecule has 4 N–H and O–H groups in total. The highest BCUT2D eigenvalue weighted by molar-refractivity contribution is 5.99. The van der Waals surface area contributed by atoms with Crippen LogP contribution < -0.4 is 16.0 Å². The van der Waals surface area contributed by atoms with Gasteiger partial charge in [0.1, 0.15) is 12.4 Å². The van der Waals surface area contributed by atoms with E-state index in [0.717, 1.165) is 5.56 Å². The smallest absolute Gasteiger partial charge is 0.247 e. The molecule has 2 atom stereocenters. The lowest BCUT2D eigenvalue weighted by Gasteiger charge is -2.15. The number of primary amides is 1. The predicted octanol–water partition coefficient (Wildman–Crippen LogP) is 1.51. The Hall–Kier alpha value is -2.86. The first-order valence-electron chi connectivity index (χ1n) is 7.59. The van der Waals surface area contributed by atoms with Crippen molar-refractivity contribution in [1.82, 2.24) is 5.48 Å².